The molecule has 0 aliphatic carbocycles. The number of likely N-dealkylation sites (tertiary alicyclic amines) is 1. The average molecular weight is 323 g/mol. The highest BCUT2D eigenvalue weighted by Crippen LogP contribution is 2.16. The van der Waals surface area contributed by atoms with E-state index in [4.69, 9.17) is 4.42 Å². The number of fused-ring (bicyclic) bond motifs is 1. The molecule has 0 bridgehead atoms. The molecule has 0 spiro atoms. The molecule has 2 aromatic rings. The van der Waals surface area contributed by atoms with Gasteiger partial charge >= 0.3 is 5.63 Å². The van der Waals surface area contributed by atoms with E-state index in [0.29, 0.717) is 24.7 Å². The van der Waals surface area contributed by atoms with Crippen LogP contribution in [0.5, 0.6) is 0 Å². The maximum atomic E-state index is 12.5. The van der Waals surface area contributed by atoms with Gasteiger partial charge in [0.05, 0.1) is 0 Å². The number of para-hydroxylation sites is 1. The van der Waals surface area contributed by atoms with Crippen molar-refractivity contribution in [2.75, 3.05) is 20.1 Å². The number of hydrogen-bond donors (Lipinski definition) is 1. The molecule has 6 heteroatoms. The number of carbonyl (C=O) groups is 1. The topological polar surface area (TPSA) is 62.6 Å². The summed E-state index contributed by atoms with van der Waals surface area (Å²) in [5, 5.41) is 3.99. The Labute approximate surface area is 134 Å². The van der Waals surface area contributed by atoms with Crippen molar-refractivity contribution < 1.29 is 9.21 Å². The normalized spacial score (nSPS) is 15.6. The third-order valence-corrected chi connectivity index (χ3v) is 4.06. The maximum Gasteiger partial charge on any atom is 0.349 e. The Morgan fingerprint density at radius 3 is 2.64 bits per heavy atom. The molecule has 1 amide bonds. The molecule has 1 aliphatic rings. The molecule has 0 unspecified atom stereocenters. The van der Waals surface area contributed by atoms with Crippen LogP contribution in [0.2, 0.25) is 0 Å². The first-order chi connectivity index (χ1) is 10.2. The maximum absolute atomic E-state index is 12.5. The lowest BCUT2D eigenvalue weighted by molar-refractivity contribution is 0.0703. The third-order valence-electron chi connectivity index (χ3n) is 4.06. The molecule has 5 nitrogen and oxygen atoms in total. The average Bonchev–Trinajstić information content (AvgIpc) is 2.53. The molecule has 1 aromatic carbocycles. The van der Waals surface area contributed by atoms with Gasteiger partial charge in [0.25, 0.3) is 5.91 Å². The molecule has 1 saturated heterocycles. The van der Waals surface area contributed by atoms with E-state index in [2.05, 4.69) is 5.32 Å². The minimum atomic E-state index is -0.561. The summed E-state index contributed by atoms with van der Waals surface area (Å²) in [7, 11) is 1.93. The van der Waals surface area contributed by atoms with Gasteiger partial charge in [-0.15, -0.1) is 12.4 Å². The second-order valence-electron chi connectivity index (χ2n) is 5.34. The molecule has 2 heterocycles. The van der Waals surface area contributed by atoms with Crippen molar-refractivity contribution in [3.63, 3.8) is 0 Å². The third kappa shape index (κ3) is 3.15. The Kier molecular flexibility index (Phi) is 5.21. The lowest BCUT2D eigenvalue weighted by Crippen LogP contribution is -2.44. The molecular weight excluding hydrogens is 304 g/mol. The van der Waals surface area contributed by atoms with Gasteiger partial charge in [0.1, 0.15) is 11.1 Å². The van der Waals surface area contributed by atoms with E-state index in [1.807, 2.05) is 19.2 Å². The lowest BCUT2D eigenvalue weighted by atomic mass is 10.0. The minimum absolute atomic E-state index is 0. The van der Waals surface area contributed by atoms with E-state index in [0.717, 1.165) is 18.2 Å². The lowest BCUT2D eigenvalue weighted by Gasteiger charge is -2.31. The van der Waals surface area contributed by atoms with E-state index in [1.54, 1.807) is 23.1 Å². The number of carbonyl (C=O) groups excluding carboxylic acids is 1. The Morgan fingerprint density at radius 1 is 1.27 bits per heavy atom. The van der Waals surface area contributed by atoms with Crippen molar-refractivity contribution in [3.8, 4) is 0 Å². The zero-order chi connectivity index (χ0) is 14.8. The van der Waals surface area contributed by atoms with Gasteiger partial charge in [-0.05, 0) is 32.0 Å². The van der Waals surface area contributed by atoms with Crippen LogP contribution in [0.4, 0.5) is 0 Å². The van der Waals surface area contributed by atoms with Crippen molar-refractivity contribution in [2.24, 2.45) is 0 Å². The summed E-state index contributed by atoms with van der Waals surface area (Å²) in [6.07, 6.45) is 1.81. The molecule has 1 N–H and O–H groups in total. The van der Waals surface area contributed by atoms with Crippen molar-refractivity contribution in [2.45, 2.75) is 18.9 Å². The molecule has 0 radical (unpaired) electrons. The predicted octanol–water partition coefficient (Wildman–Crippen LogP) is 2.04. The van der Waals surface area contributed by atoms with E-state index in [1.165, 1.54) is 0 Å². The SMILES string of the molecule is CNC1CCN(C(=O)c2cc3ccccc3oc2=O)CC1.Cl. The summed E-state index contributed by atoms with van der Waals surface area (Å²) >= 11 is 0. The van der Waals surface area contributed by atoms with Crippen molar-refractivity contribution >= 4 is 29.3 Å². The van der Waals surface area contributed by atoms with Crippen molar-refractivity contribution in [3.05, 3.63) is 46.3 Å². The van der Waals surface area contributed by atoms with Gasteiger partial charge in [0, 0.05) is 24.5 Å². The molecule has 3 rings (SSSR count). The van der Waals surface area contributed by atoms with Crippen LogP contribution in [0, 0.1) is 0 Å². The highest BCUT2D eigenvalue weighted by atomic mass is 35.5. The van der Waals surface area contributed by atoms with Crippen LogP contribution in [-0.4, -0.2) is 37.0 Å². The second-order valence-corrected chi connectivity index (χ2v) is 5.34. The highest BCUT2D eigenvalue weighted by molar-refractivity contribution is 5.96. The van der Waals surface area contributed by atoms with Crippen molar-refractivity contribution in [1.29, 1.82) is 0 Å². The van der Waals surface area contributed by atoms with E-state index in [9.17, 15) is 9.59 Å². The Bertz CT molecular complexity index is 721. The summed E-state index contributed by atoms with van der Waals surface area (Å²) in [6, 6.07) is 9.30. The molecular formula is C16H19ClN2O3. The number of hydrogen-bond acceptors (Lipinski definition) is 4. The zero-order valence-electron chi connectivity index (χ0n) is 12.4. The minimum Gasteiger partial charge on any atom is -0.422 e. The fraction of sp³-hybridized carbons (Fsp3) is 0.375. The first kappa shape index (κ1) is 16.5. The van der Waals surface area contributed by atoms with Gasteiger partial charge in [0.15, 0.2) is 0 Å². The van der Waals surface area contributed by atoms with Crippen molar-refractivity contribution in [1.82, 2.24) is 10.2 Å². The molecule has 1 fully saturated rings. The van der Waals surface area contributed by atoms with E-state index < -0.39 is 5.63 Å². The van der Waals surface area contributed by atoms with E-state index in [-0.39, 0.29) is 23.9 Å². The summed E-state index contributed by atoms with van der Waals surface area (Å²) in [4.78, 5) is 26.2. The van der Waals surface area contributed by atoms with Gasteiger partial charge < -0.3 is 14.6 Å². The molecule has 1 aliphatic heterocycles. The predicted molar refractivity (Wildman–Crippen MR) is 87.7 cm³/mol. The number of amides is 1. The quantitative estimate of drug-likeness (QED) is 0.859. The van der Waals surface area contributed by atoms with Crippen LogP contribution in [0.3, 0.4) is 0 Å². The Balaban J connectivity index is 0.00000176. The highest BCUT2D eigenvalue weighted by Gasteiger charge is 2.25. The Hall–Kier alpha value is -1.85. The van der Waals surface area contributed by atoms with Crippen LogP contribution < -0.4 is 10.9 Å². The fourth-order valence-corrected chi connectivity index (χ4v) is 2.75. The van der Waals surface area contributed by atoms with Crippen LogP contribution in [0.15, 0.2) is 39.5 Å². The fourth-order valence-electron chi connectivity index (χ4n) is 2.75. The molecule has 0 atom stereocenters. The number of nitrogens with zero attached hydrogens (tertiary/aromatic N) is 1. The van der Waals surface area contributed by atoms with Gasteiger partial charge in [-0.25, -0.2) is 4.79 Å². The zero-order valence-corrected chi connectivity index (χ0v) is 13.2. The number of rotatable bonds is 2. The first-order valence-corrected chi connectivity index (χ1v) is 7.18. The summed E-state index contributed by atoms with van der Waals surface area (Å²) in [6.45, 7) is 1.33. The van der Waals surface area contributed by atoms with Crippen LogP contribution in [0.1, 0.15) is 23.2 Å². The number of piperidine rings is 1. The number of nitrogens with one attached hydrogen (secondary N) is 1. The largest absolute Gasteiger partial charge is 0.422 e. The summed E-state index contributed by atoms with van der Waals surface area (Å²) < 4.78 is 5.23. The van der Waals surface area contributed by atoms with Crippen LogP contribution >= 0.6 is 12.4 Å². The molecule has 1 aromatic heterocycles. The van der Waals surface area contributed by atoms with Crippen LogP contribution in [-0.2, 0) is 0 Å². The summed E-state index contributed by atoms with van der Waals surface area (Å²) in [5.41, 5.74) is 0.0685. The Morgan fingerprint density at radius 2 is 1.95 bits per heavy atom. The monoisotopic (exact) mass is 322 g/mol. The number of benzene rings is 1. The standard InChI is InChI=1S/C16H18N2O3.ClH/c1-17-12-6-8-18(9-7-12)15(19)13-10-11-4-2-3-5-14(11)21-16(13)20;/h2-5,10,12,17H,6-9H2,1H3;1H. The van der Waals surface area contributed by atoms with Gasteiger partial charge in [-0.2, -0.15) is 0 Å². The molecule has 0 saturated carbocycles. The van der Waals surface area contributed by atoms with Gasteiger partial charge in [-0.3, -0.25) is 4.79 Å². The summed E-state index contributed by atoms with van der Waals surface area (Å²) in [5.74, 6) is -0.232. The molecule has 118 valence electrons. The first-order valence-electron chi connectivity index (χ1n) is 7.18. The molecule has 22 heavy (non-hydrogen) atoms. The second kappa shape index (κ2) is 6.94. The van der Waals surface area contributed by atoms with Gasteiger partial charge in [-0.1, -0.05) is 18.2 Å². The van der Waals surface area contributed by atoms with Gasteiger partial charge in [0.2, 0.25) is 0 Å². The number of halogens is 1. The smallest absolute Gasteiger partial charge is 0.349 e. The van der Waals surface area contributed by atoms with E-state index >= 15 is 0 Å². The van der Waals surface area contributed by atoms with Crippen LogP contribution in [0.25, 0.3) is 11.0 Å².